The summed E-state index contributed by atoms with van der Waals surface area (Å²) in [5.74, 6) is 2.47. The minimum Gasteiger partial charge on any atom is -0.356 e. The highest BCUT2D eigenvalue weighted by Gasteiger charge is 2.20. The standard InChI is InChI=1S/C18H36N4O.HI/c1-15(2)8-5-6-11-20-18(19-4)21-12-10-17(23)22-13-7-9-16(3)14-22;/h15-16H,5-14H2,1-4H3,(H2,19,20,21);1H. The van der Waals surface area contributed by atoms with Crippen molar-refractivity contribution in [2.45, 2.75) is 59.3 Å². The van der Waals surface area contributed by atoms with Gasteiger partial charge in [0.15, 0.2) is 5.96 Å². The van der Waals surface area contributed by atoms with Crippen LogP contribution in [-0.2, 0) is 4.79 Å². The van der Waals surface area contributed by atoms with Gasteiger partial charge in [0.05, 0.1) is 0 Å². The molecular weight excluding hydrogens is 415 g/mol. The molecule has 1 fully saturated rings. The van der Waals surface area contributed by atoms with Gasteiger partial charge in [-0.1, -0.05) is 33.6 Å². The third-order valence-corrected chi connectivity index (χ3v) is 4.37. The zero-order chi connectivity index (χ0) is 17.1. The van der Waals surface area contributed by atoms with Gasteiger partial charge >= 0.3 is 0 Å². The van der Waals surface area contributed by atoms with Gasteiger partial charge in [0.25, 0.3) is 0 Å². The Labute approximate surface area is 165 Å². The number of rotatable bonds is 8. The predicted molar refractivity (Wildman–Crippen MR) is 113 cm³/mol. The van der Waals surface area contributed by atoms with Crippen molar-refractivity contribution < 1.29 is 4.79 Å². The summed E-state index contributed by atoms with van der Waals surface area (Å²) in [5.41, 5.74) is 0. The average Bonchev–Trinajstić information content (AvgIpc) is 2.52. The molecule has 1 heterocycles. The van der Waals surface area contributed by atoms with E-state index in [9.17, 15) is 4.79 Å². The molecule has 6 heteroatoms. The van der Waals surface area contributed by atoms with Gasteiger partial charge in [0.1, 0.15) is 0 Å². The first-order chi connectivity index (χ1) is 11.0. The van der Waals surface area contributed by atoms with Crippen molar-refractivity contribution in [1.29, 1.82) is 0 Å². The van der Waals surface area contributed by atoms with Gasteiger partial charge in [-0.3, -0.25) is 9.79 Å². The monoisotopic (exact) mass is 452 g/mol. The van der Waals surface area contributed by atoms with Crippen molar-refractivity contribution >= 4 is 35.8 Å². The molecule has 1 saturated heterocycles. The number of hydrogen-bond acceptors (Lipinski definition) is 2. The van der Waals surface area contributed by atoms with Crippen LogP contribution in [0.25, 0.3) is 0 Å². The van der Waals surface area contributed by atoms with Crippen molar-refractivity contribution in [3.05, 3.63) is 0 Å². The van der Waals surface area contributed by atoms with Crippen LogP contribution >= 0.6 is 24.0 Å². The topological polar surface area (TPSA) is 56.7 Å². The van der Waals surface area contributed by atoms with E-state index in [4.69, 9.17) is 0 Å². The Hall–Kier alpha value is -0.530. The molecule has 24 heavy (non-hydrogen) atoms. The summed E-state index contributed by atoms with van der Waals surface area (Å²) in [4.78, 5) is 18.4. The number of nitrogens with one attached hydrogen (secondary N) is 2. The van der Waals surface area contributed by atoms with Gasteiger partial charge in [-0.05, 0) is 31.1 Å². The van der Waals surface area contributed by atoms with Crippen LogP contribution in [0.3, 0.4) is 0 Å². The van der Waals surface area contributed by atoms with Crippen LogP contribution in [0.4, 0.5) is 0 Å². The van der Waals surface area contributed by atoms with E-state index in [0.29, 0.717) is 18.9 Å². The fourth-order valence-corrected chi connectivity index (χ4v) is 2.97. The van der Waals surface area contributed by atoms with Crippen LogP contribution in [0.1, 0.15) is 59.3 Å². The molecular formula is C18H37IN4O. The van der Waals surface area contributed by atoms with E-state index in [-0.39, 0.29) is 29.9 Å². The summed E-state index contributed by atoms with van der Waals surface area (Å²) in [7, 11) is 1.78. The van der Waals surface area contributed by atoms with E-state index in [1.165, 1.54) is 19.3 Å². The lowest BCUT2D eigenvalue weighted by Gasteiger charge is -2.31. The molecule has 0 radical (unpaired) electrons. The quantitative estimate of drug-likeness (QED) is 0.257. The van der Waals surface area contributed by atoms with Crippen molar-refractivity contribution in [2.24, 2.45) is 16.8 Å². The van der Waals surface area contributed by atoms with Crippen molar-refractivity contribution in [3.63, 3.8) is 0 Å². The molecule has 1 aliphatic rings. The Morgan fingerprint density at radius 3 is 2.58 bits per heavy atom. The lowest BCUT2D eigenvalue weighted by molar-refractivity contribution is -0.132. The van der Waals surface area contributed by atoms with E-state index in [1.54, 1.807) is 7.05 Å². The van der Waals surface area contributed by atoms with E-state index < -0.39 is 0 Å². The molecule has 1 unspecified atom stereocenters. The number of carbonyl (C=O) groups is 1. The largest absolute Gasteiger partial charge is 0.356 e. The minimum atomic E-state index is 0. The van der Waals surface area contributed by atoms with Crippen molar-refractivity contribution in [3.8, 4) is 0 Å². The van der Waals surface area contributed by atoms with Gasteiger partial charge in [0.2, 0.25) is 5.91 Å². The highest BCUT2D eigenvalue weighted by Crippen LogP contribution is 2.15. The van der Waals surface area contributed by atoms with E-state index in [2.05, 4.69) is 36.4 Å². The molecule has 1 atom stereocenters. The summed E-state index contributed by atoms with van der Waals surface area (Å²) in [5, 5.41) is 6.56. The van der Waals surface area contributed by atoms with E-state index in [0.717, 1.165) is 44.4 Å². The summed E-state index contributed by atoms with van der Waals surface area (Å²) in [6.45, 7) is 10.2. The zero-order valence-electron chi connectivity index (χ0n) is 15.9. The Bertz CT molecular complexity index is 374. The molecule has 0 aromatic carbocycles. The van der Waals surface area contributed by atoms with Gasteiger partial charge in [-0.25, -0.2) is 0 Å². The fraction of sp³-hybridized carbons (Fsp3) is 0.889. The average molecular weight is 452 g/mol. The van der Waals surface area contributed by atoms with Crippen molar-refractivity contribution in [1.82, 2.24) is 15.5 Å². The number of guanidine groups is 1. The Balaban J connectivity index is 0.00000529. The van der Waals surface area contributed by atoms with E-state index in [1.807, 2.05) is 4.90 Å². The first kappa shape index (κ1) is 23.5. The lowest BCUT2D eigenvalue weighted by atomic mass is 10.00. The molecule has 1 aliphatic heterocycles. The Morgan fingerprint density at radius 1 is 1.25 bits per heavy atom. The molecule has 0 aromatic rings. The number of piperidine rings is 1. The molecule has 1 amide bonds. The molecule has 0 aromatic heterocycles. The summed E-state index contributed by atoms with van der Waals surface area (Å²) in [6.07, 6.45) is 6.60. The second-order valence-corrected chi connectivity index (χ2v) is 7.15. The summed E-state index contributed by atoms with van der Waals surface area (Å²) >= 11 is 0. The number of unbranched alkanes of at least 4 members (excludes halogenated alkanes) is 1. The Morgan fingerprint density at radius 2 is 1.96 bits per heavy atom. The third kappa shape index (κ3) is 10.4. The Kier molecular flexibility index (Phi) is 13.4. The second-order valence-electron chi connectivity index (χ2n) is 7.15. The molecule has 2 N–H and O–H groups in total. The summed E-state index contributed by atoms with van der Waals surface area (Å²) in [6, 6.07) is 0. The van der Waals surface area contributed by atoms with Gasteiger partial charge < -0.3 is 15.5 Å². The molecule has 0 bridgehead atoms. The molecule has 0 spiro atoms. The molecule has 5 nitrogen and oxygen atoms in total. The van der Waals surface area contributed by atoms with Crippen LogP contribution in [0, 0.1) is 11.8 Å². The first-order valence-corrected chi connectivity index (χ1v) is 9.25. The molecule has 142 valence electrons. The maximum Gasteiger partial charge on any atom is 0.224 e. The van der Waals surface area contributed by atoms with Crippen LogP contribution in [0.2, 0.25) is 0 Å². The van der Waals surface area contributed by atoms with E-state index >= 15 is 0 Å². The highest BCUT2D eigenvalue weighted by molar-refractivity contribution is 14.0. The maximum atomic E-state index is 12.2. The lowest BCUT2D eigenvalue weighted by Crippen LogP contribution is -2.42. The molecule has 0 saturated carbocycles. The minimum absolute atomic E-state index is 0. The van der Waals surface area contributed by atoms with Gasteiger partial charge in [-0.2, -0.15) is 0 Å². The first-order valence-electron chi connectivity index (χ1n) is 9.25. The number of aliphatic imine (C=N–C) groups is 1. The second kappa shape index (κ2) is 13.7. The normalized spacial score (nSPS) is 18.3. The molecule has 1 rings (SSSR count). The molecule has 0 aliphatic carbocycles. The highest BCUT2D eigenvalue weighted by atomic mass is 127. The van der Waals surface area contributed by atoms with Crippen molar-refractivity contribution in [2.75, 3.05) is 33.2 Å². The fourth-order valence-electron chi connectivity index (χ4n) is 2.97. The zero-order valence-corrected chi connectivity index (χ0v) is 18.3. The van der Waals surface area contributed by atoms with Crippen LogP contribution in [-0.4, -0.2) is 50.0 Å². The predicted octanol–water partition coefficient (Wildman–Crippen LogP) is 3.24. The van der Waals surface area contributed by atoms with Crippen LogP contribution in [0.15, 0.2) is 4.99 Å². The smallest absolute Gasteiger partial charge is 0.224 e. The number of likely N-dealkylation sites (tertiary alicyclic amines) is 1. The van der Waals surface area contributed by atoms with Gasteiger partial charge in [-0.15, -0.1) is 24.0 Å². The number of amides is 1. The SMILES string of the molecule is CN=C(NCCCCC(C)C)NCCC(=O)N1CCCC(C)C1.I. The number of carbonyl (C=O) groups excluding carboxylic acids is 1. The third-order valence-electron chi connectivity index (χ3n) is 4.37. The van der Waals surface area contributed by atoms with Crippen LogP contribution in [0.5, 0.6) is 0 Å². The van der Waals surface area contributed by atoms with Crippen LogP contribution < -0.4 is 10.6 Å². The maximum absolute atomic E-state index is 12.2. The van der Waals surface area contributed by atoms with Gasteiger partial charge in [0, 0.05) is 39.6 Å². The number of halogens is 1. The summed E-state index contributed by atoms with van der Waals surface area (Å²) < 4.78 is 0. The number of nitrogens with zero attached hydrogens (tertiary/aromatic N) is 2. The number of hydrogen-bond donors (Lipinski definition) is 2.